The van der Waals surface area contributed by atoms with Gasteiger partial charge in [-0.1, -0.05) is 6.07 Å². The zero-order valence-corrected chi connectivity index (χ0v) is 16.9. The zero-order chi connectivity index (χ0) is 22.6. The number of nitrogens with zero attached hydrogens (tertiary/aromatic N) is 1. The van der Waals surface area contributed by atoms with Gasteiger partial charge in [-0.3, -0.25) is 4.79 Å². The number of rotatable bonds is 6. The fourth-order valence-corrected chi connectivity index (χ4v) is 4.40. The molecule has 0 atom stereocenters. The van der Waals surface area contributed by atoms with Crippen LogP contribution >= 0.6 is 0 Å². The Balaban J connectivity index is 1.67. The normalized spacial score (nSPS) is 15.5. The number of sulfonamides is 1. The van der Waals surface area contributed by atoms with Gasteiger partial charge >= 0.3 is 6.18 Å². The van der Waals surface area contributed by atoms with E-state index < -0.39 is 38.4 Å². The molecule has 0 aliphatic carbocycles. The fraction of sp³-hybridized carbons (Fsp3) is 0.316. The monoisotopic (exact) mass is 461 g/mol. The average molecular weight is 461 g/mol. The molecule has 1 saturated heterocycles. The molecule has 1 heterocycles. The Bertz CT molecular complexity index is 1050. The van der Waals surface area contributed by atoms with Gasteiger partial charge in [-0.2, -0.15) is 17.5 Å². The minimum atomic E-state index is -4.55. The maximum absolute atomic E-state index is 14.2. The number of halogens is 4. The molecule has 0 spiro atoms. The van der Waals surface area contributed by atoms with Gasteiger partial charge in [-0.05, 0) is 36.4 Å². The van der Waals surface area contributed by atoms with Crippen LogP contribution in [0.4, 0.5) is 28.9 Å². The molecule has 2 N–H and O–H groups in total. The van der Waals surface area contributed by atoms with Crippen molar-refractivity contribution in [1.82, 2.24) is 4.31 Å². The van der Waals surface area contributed by atoms with Crippen LogP contribution in [0.25, 0.3) is 0 Å². The predicted molar refractivity (Wildman–Crippen MR) is 105 cm³/mol. The standard InChI is InChI=1S/C19H19F4N3O4S/c20-16-5-4-14(11-17(16)31(28,29)26-6-8-30-9-7-26)24-12-18(27)25-15-3-1-2-13(10-15)19(21,22)23/h1-5,10-11,24H,6-9,12H2,(H,25,27). The smallest absolute Gasteiger partial charge is 0.379 e. The maximum atomic E-state index is 14.2. The van der Waals surface area contributed by atoms with Crippen LogP contribution < -0.4 is 10.6 Å². The van der Waals surface area contributed by atoms with Crippen molar-refractivity contribution in [3.63, 3.8) is 0 Å². The van der Waals surface area contributed by atoms with E-state index in [2.05, 4.69) is 10.6 Å². The highest BCUT2D eigenvalue weighted by molar-refractivity contribution is 7.89. The van der Waals surface area contributed by atoms with E-state index >= 15 is 0 Å². The van der Waals surface area contributed by atoms with Crippen LogP contribution in [-0.4, -0.2) is 51.5 Å². The Morgan fingerprint density at radius 2 is 1.77 bits per heavy atom. The molecule has 1 aliphatic rings. The molecular formula is C19H19F4N3O4S. The summed E-state index contributed by atoms with van der Waals surface area (Å²) in [5.41, 5.74) is -0.793. The largest absolute Gasteiger partial charge is 0.416 e. The molecule has 0 bridgehead atoms. The van der Waals surface area contributed by atoms with Crippen LogP contribution in [0.3, 0.4) is 0 Å². The second-order valence-electron chi connectivity index (χ2n) is 6.64. The number of benzene rings is 2. The summed E-state index contributed by atoms with van der Waals surface area (Å²) < 4.78 is 84.1. The van der Waals surface area contributed by atoms with E-state index in [0.717, 1.165) is 34.6 Å². The lowest BCUT2D eigenvalue weighted by Crippen LogP contribution is -2.40. The molecular weight excluding hydrogens is 442 g/mol. The Hall–Kier alpha value is -2.70. The highest BCUT2D eigenvalue weighted by Gasteiger charge is 2.31. The zero-order valence-electron chi connectivity index (χ0n) is 16.1. The summed E-state index contributed by atoms with van der Waals surface area (Å²) >= 11 is 0. The Kier molecular flexibility index (Phi) is 6.82. The Morgan fingerprint density at radius 1 is 1.06 bits per heavy atom. The van der Waals surface area contributed by atoms with Crippen molar-refractivity contribution in [1.29, 1.82) is 0 Å². The van der Waals surface area contributed by atoms with Gasteiger partial charge in [-0.25, -0.2) is 12.8 Å². The number of carbonyl (C=O) groups excluding carboxylic acids is 1. The van der Waals surface area contributed by atoms with E-state index in [4.69, 9.17) is 4.74 Å². The third-order valence-corrected chi connectivity index (χ3v) is 6.36. The van der Waals surface area contributed by atoms with Crippen molar-refractivity contribution in [2.75, 3.05) is 43.5 Å². The lowest BCUT2D eigenvalue weighted by Gasteiger charge is -2.26. The molecule has 168 valence electrons. The van der Waals surface area contributed by atoms with Crippen molar-refractivity contribution in [3.05, 3.63) is 53.8 Å². The van der Waals surface area contributed by atoms with E-state index in [1.165, 1.54) is 12.1 Å². The molecule has 1 aliphatic heterocycles. The Labute approximate surface area is 176 Å². The summed E-state index contributed by atoms with van der Waals surface area (Å²) in [4.78, 5) is 11.5. The summed E-state index contributed by atoms with van der Waals surface area (Å²) in [6, 6.07) is 7.42. The van der Waals surface area contributed by atoms with Gasteiger partial charge in [0.05, 0.1) is 25.3 Å². The van der Waals surface area contributed by atoms with Crippen LogP contribution in [0.15, 0.2) is 47.4 Å². The average Bonchev–Trinajstić information content (AvgIpc) is 2.73. The number of alkyl halides is 3. The molecule has 3 rings (SSSR count). The third-order valence-electron chi connectivity index (χ3n) is 4.45. The van der Waals surface area contributed by atoms with Gasteiger partial charge in [0.25, 0.3) is 0 Å². The first-order chi connectivity index (χ1) is 14.6. The Morgan fingerprint density at radius 3 is 2.45 bits per heavy atom. The van der Waals surface area contributed by atoms with Crippen LogP contribution in [0, 0.1) is 5.82 Å². The molecule has 1 amide bonds. The van der Waals surface area contributed by atoms with E-state index in [-0.39, 0.29) is 44.2 Å². The first-order valence-electron chi connectivity index (χ1n) is 9.16. The number of carbonyl (C=O) groups is 1. The van der Waals surface area contributed by atoms with Gasteiger partial charge in [0, 0.05) is 24.5 Å². The minimum Gasteiger partial charge on any atom is -0.379 e. The van der Waals surface area contributed by atoms with Crippen LogP contribution in [0.1, 0.15) is 5.56 Å². The maximum Gasteiger partial charge on any atom is 0.416 e. The number of amides is 1. The van der Waals surface area contributed by atoms with Gasteiger partial charge in [0.15, 0.2) is 0 Å². The highest BCUT2D eigenvalue weighted by Crippen LogP contribution is 2.30. The predicted octanol–water partition coefficient (Wildman–Crippen LogP) is 2.92. The SMILES string of the molecule is O=C(CNc1ccc(F)c(S(=O)(=O)N2CCOCC2)c1)Nc1cccc(C(F)(F)F)c1. The molecule has 2 aromatic rings. The van der Waals surface area contributed by atoms with Gasteiger partial charge in [-0.15, -0.1) is 0 Å². The summed E-state index contributed by atoms with van der Waals surface area (Å²) in [7, 11) is -4.09. The number of nitrogens with one attached hydrogen (secondary N) is 2. The lowest BCUT2D eigenvalue weighted by molar-refractivity contribution is -0.137. The number of hydrogen-bond donors (Lipinski definition) is 2. The quantitative estimate of drug-likeness (QED) is 0.646. The van der Waals surface area contributed by atoms with E-state index in [1.54, 1.807) is 0 Å². The van der Waals surface area contributed by atoms with Crippen molar-refractivity contribution < 1.29 is 35.5 Å². The van der Waals surface area contributed by atoms with Crippen molar-refractivity contribution in [3.8, 4) is 0 Å². The topological polar surface area (TPSA) is 87.7 Å². The lowest BCUT2D eigenvalue weighted by atomic mass is 10.2. The van der Waals surface area contributed by atoms with Crippen LogP contribution in [0.2, 0.25) is 0 Å². The van der Waals surface area contributed by atoms with Crippen molar-refractivity contribution in [2.45, 2.75) is 11.1 Å². The second kappa shape index (κ2) is 9.20. The summed E-state index contributed by atoms with van der Waals surface area (Å²) in [6.45, 7) is 0.222. The highest BCUT2D eigenvalue weighted by atomic mass is 32.2. The number of anilines is 2. The second-order valence-corrected chi connectivity index (χ2v) is 8.55. The van der Waals surface area contributed by atoms with Crippen LogP contribution in [-0.2, 0) is 25.7 Å². The van der Waals surface area contributed by atoms with E-state index in [0.29, 0.717) is 0 Å². The summed E-state index contributed by atoms with van der Waals surface area (Å²) in [6.07, 6.45) is -4.55. The molecule has 0 unspecified atom stereocenters. The molecule has 0 aromatic heterocycles. The number of hydrogen-bond acceptors (Lipinski definition) is 5. The molecule has 0 radical (unpaired) electrons. The minimum absolute atomic E-state index is 0.0451. The number of ether oxygens (including phenoxy) is 1. The fourth-order valence-electron chi connectivity index (χ4n) is 2.90. The van der Waals surface area contributed by atoms with E-state index in [1.807, 2.05) is 0 Å². The van der Waals surface area contributed by atoms with Crippen LogP contribution in [0.5, 0.6) is 0 Å². The number of morpholine rings is 1. The molecule has 7 nitrogen and oxygen atoms in total. The van der Waals surface area contributed by atoms with Crippen molar-refractivity contribution >= 4 is 27.3 Å². The van der Waals surface area contributed by atoms with Crippen molar-refractivity contribution in [2.24, 2.45) is 0 Å². The van der Waals surface area contributed by atoms with Gasteiger partial charge in [0.2, 0.25) is 15.9 Å². The molecule has 31 heavy (non-hydrogen) atoms. The molecule has 0 saturated carbocycles. The van der Waals surface area contributed by atoms with Gasteiger partial charge in [0.1, 0.15) is 10.7 Å². The van der Waals surface area contributed by atoms with Gasteiger partial charge < -0.3 is 15.4 Å². The molecule has 1 fully saturated rings. The first-order valence-corrected chi connectivity index (χ1v) is 10.6. The first kappa shape index (κ1) is 23.0. The van der Waals surface area contributed by atoms with E-state index in [9.17, 15) is 30.8 Å². The molecule has 2 aromatic carbocycles. The summed E-state index contributed by atoms with van der Waals surface area (Å²) in [5.74, 6) is -1.60. The molecule has 12 heteroatoms. The summed E-state index contributed by atoms with van der Waals surface area (Å²) in [5, 5.41) is 4.96. The third kappa shape index (κ3) is 5.71.